The van der Waals surface area contributed by atoms with Gasteiger partial charge in [0, 0.05) is 32.0 Å². The average molecular weight is 289 g/mol. The van der Waals surface area contributed by atoms with Crippen LogP contribution in [0.15, 0.2) is 36.9 Å². The van der Waals surface area contributed by atoms with Crippen molar-refractivity contribution < 1.29 is 9.84 Å². The van der Waals surface area contributed by atoms with Crippen LogP contribution in [0, 0.1) is 13.8 Å². The standard InChI is InChI=1S/C16H23N3O2/c1-13-4-3-5-14(2)16(13)21-11-15(20)10-17-6-8-19-9-7-18-12-19/h3-5,7,9,12,15,17,20H,6,8,10-11H2,1-2H3. The second kappa shape index (κ2) is 7.81. The molecule has 0 radical (unpaired) electrons. The van der Waals surface area contributed by atoms with Gasteiger partial charge in [-0.1, -0.05) is 18.2 Å². The summed E-state index contributed by atoms with van der Waals surface area (Å²) in [6.45, 7) is 6.46. The lowest BCUT2D eigenvalue weighted by Gasteiger charge is -2.16. The molecular weight excluding hydrogens is 266 g/mol. The molecule has 1 heterocycles. The van der Waals surface area contributed by atoms with Crippen LogP contribution >= 0.6 is 0 Å². The number of hydrogen-bond donors (Lipinski definition) is 2. The zero-order valence-electron chi connectivity index (χ0n) is 12.6. The van der Waals surface area contributed by atoms with Crippen molar-refractivity contribution in [2.24, 2.45) is 0 Å². The van der Waals surface area contributed by atoms with Crippen LogP contribution in [-0.2, 0) is 6.54 Å². The Balaban J connectivity index is 1.66. The SMILES string of the molecule is Cc1cccc(C)c1OCC(O)CNCCn1ccnc1. The first-order valence-electron chi connectivity index (χ1n) is 7.20. The topological polar surface area (TPSA) is 59.3 Å². The Bertz CT molecular complexity index is 520. The lowest BCUT2D eigenvalue weighted by molar-refractivity contribution is 0.105. The van der Waals surface area contributed by atoms with Gasteiger partial charge in [-0.2, -0.15) is 0 Å². The Labute approximate surface area is 125 Å². The summed E-state index contributed by atoms with van der Waals surface area (Å²) in [5.74, 6) is 0.870. The zero-order chi connectivity index (χ0) is 15.1. The number of ether oxygens (including phenoxy) is 1. The minimum atomic E-state index is -0.521. The van der Waals surface area contributed by atoms with Crippen LogP contribution in [0.25, 0.3) is 0 Å². The van der Waals surface area contributed by atoms with Crippen LogP contribution in [0.4, 0.5) is 0 Å². The van der Waals surface area contributed by atoms with Crippen LogP contribution in [-0.4, -0.2) is 40.5 Å². The number of para-hydroxylation sites is 1. The van der Waals surface area contributed by atoms with Crippen molar-refractivity contribution in [2.45, 2.75) is 26.5 Å². The normalized spacial score (nSPS) is 12.3. The highest BCUT2D eigenvalue weighted by molar-refractivity contribution is 5.39. The van der Waals surface area contributed by atoms with E-state index in [0.29, 0.717) is 13.2 Å². The number of nitrogens with zero attached hydrogens (tertiary/aromatic N) is 2. The van der Waals surface area contributed by atoms with Gasteiger partial charge in [-0.15, -0.1) is 0 Å². The van der Waals surface area contributed by atoms with E-state index in [4.69, 9.17) is 4.74 Å². The van der Waals surface area contributed by atoms with Crippen LogP contribution < -0.4 is 10.1 Å². The molecule has 5 heteroatoms. The molecule has 0 aliphatic carbocycles. The van der Waals surface area contributed by atoms with E-state index in [0.717, 1.165) is 30.0 Å². The highest BCUT2D eigenvalue weighted by Crippen LogP contribution is 2.22. The molecule has 2 rings (SSSR count). The van der Waals surface area contributed by atoms with Crippen molar-refractivity contribution in [3.8, 4) is 5.75 Å². The number of rotatable bonds is 8. The van der Waals surface area contributed by atoms with Gasteiger partial charge in [0.05, 0.1) is 6.33 Å². The maximum Gasteiger partial charge on any atom is 0.125 e. The zero-order valence-corrected chi connectivity index (χ0v) is 12.6. The van der Waals surface area contributed by atoms with Crippen molar-refractivity contribution in [3.05, 3.63) is 48.0 Å². The molecule has 0 bridgehead atoms. The fraction of sp³-hybridized carbons (Fsp3) is 0.438. The van der Waals surface area contributed by atoms with Crippen molar-refractivity contribution in [1.29, 1.82) is 0 Å². The van der Waals surface area contributed by atoms with Crippen LogP contribution in [0.1, 0.15) is 11.1 Å². The number of aryl methyl sites for hydroxylation is 2. The predicted octanol–water partition coefficient (Wildman–Crippen LogP) is 1.53. The molecule has 5 nitrogen and oxygen atoms in total. The van der Waals surface area contributed by atoms with Gasteiger partial charge in [-0.3, -0.25) is 0 Å². The van der Waals surface area contributed by atoms with E-state index in [-0.39, 0.29) is 0 Å². The lowest BCUT2D eigenvalue weighted by Crippen LogP contribution is -2.33. The number of nitrogens with one attached hydrogen (secondary N) is 1. The molecule has 0 saturated heterocycles. The molecule has 1 aromatic carbocycles. The van der Waals surface area contributed by atoms with Crippen LogP contribution in [0.5, 0.6) is 5.75 Å². The van der Waals surface area contributed by atoms with Crippen LogP contribution in [0.2, 0.25) is 0 Å². The summed E-state index contributed by atoms with van der Waals surface area (Å²) >= 11 is 0. The molecule has 0 amide bonds. The Morgan fingerprint density at radius 1 is 1.33 bits per heavy atom. The van der Waals surface area contributed by atoms with E-state index in [1.165, 1.54) is 0 Å². The molecular formula is C16H23N3O2. The minimum absolute atomic E-state index is 0.295. The fourth-order valence-corrected chi connectivity index (χ4v) is 2.16. The van der Waals surface area contributed by atoms with Gasteiger partial charge in [0.15, 0.2) is 0 Å². The molecule has 1 atom stereocenters. The lowest BCUT2D eigenvalue weighted by atomic mass is 10.1. The molecule has 0 aliphatic heterocycles. The predicted molar refractivity (Wildman–Crippen MR) is 82.5 cm³/mol. The minimum Gasteiger partial charge on any atom is -0.490 e. The average Bonchev–Trinajstić information content (AvgIpc) is 2.96. The van der Waals surface area contributed by atoms with Gasteiger partial charge < -0.3 is 19.7 Å². The molecule has 0 spiro atoms. The number of aliphatic hydroxyl groups excluding tert-OH is 1. The number of hydrogen-bond acceptors (Lipinski definition) is 4. The van der Waals surface area contributed by atoms with Crippen molar-refractivity contribution in [1.82, 2.24) is 14.9 Å². The summed E-state index contributed by atoms with van der Waals surface area (Å²) in [5, 5.41) is 13.2. The second-order valence-corrected chi connectivity index (χ2v) is 5.19. The van der Waals surface area contributed by atoms with Crippen molar-refractivity contribution in [2.75, 3.05) is 19.7 Å². The monoisotopic (exact) mass is 289 g/mol. The molecule has 1 unspecified atom stereocenters. The highest BCUT2D eigenvalue weighted by Gasteiger charge is 2.08. The fourth-order valence-electron chi connectivity index (χ4n) is 2.16. The molecule has 0 aliphatic rings. The number of benzene rings is 1. The van der Waals surface area contributed by atoms with Gasteiger partial charge in [0.2, 0.25) is 0 Å². The molecule has 2 aromatic rings. The quantitative estimate of drug-likeness (QED) is 0.724. The van der Waals surface area contributed by atoms with Crippen molar-refractivity contribution >= 4 is 0 Å². The van der Waals surface area contributed by atoms with E-state index < -0.39 is 6.10 Å². The molecule has 21 heavy (non-hydrogen) atoms. The van der Waals surface area contributed by atoms with Crippen LogP contribution in [0.3, 0.4) is 0 Å². The Morgan fingerprint density at radius 3 is 2.76 bits per heavy atom. The smallest absolute Gasteiger partial charge is 0.125 e. The van der Waals surface area contributed by atoms with Gasteiger partial charge >= 0.3 is 0 Å². The van der Waals surface area contributed by atoms with E-state index in [1.54, 1.807) is 12.5 Å². The maximum absolute atomic E-state index is 9.94. The van der Waals surface area contributed by atoms with E-state index in [1.807, 2.05) is 42.8 Å². The van der Waals surface area contributed by atoms with Gasteiger partial charge in [-0.25, -0.2) is 4.98 Å². The molecule has 1 aromatic heterocycles. The van der Waals surface area contributed by atoms with Crippen molar-refractivity contribution in [3.63, 3.8) is 0 Å². The first-order chi connectivity index (χ1) is 10.2. The number of aliphatic hydroxyl groups is 1. The summed E-state index contributed by atoms with van der Waals surface area (Å²) in [5.41, 5.74) is 2.19. The van der Waals surface area contributed by atoms with Gasteiger partial charge in [0.1, 0.15) is 18.5 Å². The first kappa shape index (κ1) is 15.5. The second-order valence-electron chi connectivity index (χ2n) is 5.19. The van der Waals surface area contributed by atoms with E-state index in [2.05, 4.69) is 10.3 Å². The van der Waals surface area contributed by atoms with E-state index in [9.17, 15) is 5.11 Å². The Hall–Kier alpha value is -1.85. The third-order valence-corrected chi connectivity index (χ3v) is 3.31. The maximum atomic E-state index is 9.94. The van der Waals surface area contributed by atoms with Gasteiger partial charge in [-0.05, 0) is 25.0 Å². The molecule has 0 fully saturated rings. The van der Waals surface area contributed by atoms with E-state index >= 15 is 0 Å². The summed E-state index contributed by atoms with van der Waals surface area (Å²) in [7, 11) is 0. The summed E-state index contributed by atoms with van der Waals surface area (Å²) in [6, 6.07) is 6.03. The highest BCUT2D eigenvalue weighted by atomic mass is 16.5. The Kier molecular flexibility index (Phi) is 5.78. The summed E-state index contributed by atoms with van der Waals surface area (Å²) in [6.07, 6.45) is 4.93. The number of imidazole rings is 1. The first-order valence-corrected chi connectivity index (χ1v) is 7.20. The molecule has 2 N–H and O–H groups in total. The number of aromatic nitrogens is 2. The summed E-state index contributed by atoms with van der Waals surface area (Å²) < 4.78 is 7.72. The largest absolute Gasteiger partial charge is 0.490 e. The summed E-state index contributed by atoms with van der Waals surface area (Å²) in [4.78, 5) is 3.98. The third-order valence-electron chi connectivity index (χ3n) is 3.31. The Morgan fingerprint density at radius 2 is 2.10 bits per heavy atom. The molecule has 0 saturated carbocycles. The third kappa shape index (κ3) is 4.88. The molecule has 114 valence electrons. The van der Waals surface area contributed by atoms with Gasteiger partial charge in [0.25, 0.3) is 0 Å².